The lowest BCUT2D eigenvalue weighted by atomic mass is 9.70. The van der Waals surface area contributed by atoms with E-state index in [0.29, 0.717) is 45.3 Å². The van der Waals surface area contributed by atoms with Crippen molar-refractivity contribution in [2.24, 2.45) is 11.8 Å². The van der Waals surface area contributed by atoms with Crippen molar-refractivity contribution in [2.45, 2.75) is 74.4 Å². The van der Waals surface area contributed by atoms with Gasteiger partial charge in [0.2, 0.25) is 11.8 Å². The van der Waals surface area contributed by atoms with E-state index in [-0.39, 0.29) is 29.9 Å². The standard InChI is InChI=1S/C26H39BrN2O6/c1-4-7-13-28(12-6-3)24(32)22-26-17-18(27)21(35-26)19(25(33)34-16-8-5-2)20(26)23(31)29(22)14-10-9-11-15-30/h5-6,18-22,30H,2-4,7-17H2,1H3/t18?,19-,20-,21-,22?,26?/m0/s1. The Kier molecular flexibility index (Phi) is 9.95. The second kappa shape index (κ2) is 12.5. The van der Waals surface area contributed by atoms with Gasteiger partial charge < -0.3 is 24.4 Å². The van der Waals surface area contributed by atoms with Gasteiger partial charge in [-0.3, -0.25) is 14.4 Å². The van der Waals surface area contributed by atoms with Crippen LogP contribution in [0.15, 0.2) is 25.3 Å². The molecule has 8 nitrogen and oxygen atoms in total. The van der Waals surface area contributed by atoms with Gasteiger partial charge in [-0.05, 0) is 38.5 Å². The summed E-state index contributed by atoms with van der Waals surface area (Å²) in [6.45, 7) is 11.1. The number of amides is 2. The fourth-order valence-corrected chi connectivity index (χ4v) is 6.74. The average molecular weight is 556 g/mol. The quantitative estimate of drug-likeness (QED) is 0.145. The number of alkyl halides is 1. The van der Waals surface area contributed by atoms with Crippen molar-refractivity contribution in [1.29, 1.82) is 0 Å². The first-order valence-electron chi connectivity index (χ1n) is 12.8. The number of carbonyl (C=O) groups excluding carboxylic acids is 3. The Labute approximate surface area is 216 Å². The first-order valence-corrected chi connectivity index (χ1v) is 13.7. The van der Waals surface area contributed by atoms with E-state index in [1.807, 2.05) is 0 Å². The minimum Gasteiger partial charge on any atom is -0.465 e. The number of hydrogen-bond acceptors (Lipinski definition) is 6. The molecule has 196 valence electrons. The van der Waals surface area contributed by atoms with Crippen molar-refractivity contribution in [2.75, 3.05) is 32.8 Å². The number of aliphatic hydroxyl groups is 1. The van der Waals surface area contributed by atoms with Crippen LogP contribution >= 0.6 is 15.9 Å². The highest BCUT2D eigenvalue weighted by molar-refractivity contribution is 9.09. The molecule has 3 unspecified atom stereocenters. The first-order chi connectivity index (χ1) is 16.9. The maximum atomic E-state index is 14.0. The van der Waals surface area contributed by atoms with Crippen molar-refractivity contribution in [3.05, 3.63) is 25.3 Å². The molecule has 0 aromatic rings. The predicted octanol–water partition coefficient (Wildman–Crippen LogP) is 2.83. The van der Waals surface area contributed by atoms with Crippen molar-refractivity contribution in [1.82, 2.24) is 9.80 Å². The molecule has 1 N–H and O–H groups in total. The molecular weight excluding hydrogens is 516 g/mol. The lowest BCUT2D eigenvalue weighted by molar-refractivity contribution is -0.155. The normalized spacial score (nSPS) is 30.9. The van der Waals surface area contributed by atoms with Crippen LogP contribution in [0.1, 0.15) is 51.9 Å². The zero-order valence-corrected chi connectivity index (χ0v) is 22.3. The smallest absolute Gasteiger partial charge is 0.312 e. The molecule has 3 heterocycles. The van der Waals surface area contributed by atoms with Crippen LogP contribution in [0.5, 0.6) is 0 Å². The highest BCUT2D eigenvalue weighted by Gasteiger charge is 2.77. The number of carbonyl (C=O) groups is 3. The highest BCUT2D eigenvalue weighted by Crippen LogP contribution is 2.60. The summed E-state index contributed by atoms with van der Waals surface area (Å²) in [5, 5.41) is 9.16. The Hall–Kier alpha value is -1.71. The molecule has 0 aliphatic carbocycles. The molecule has 2 bridgehead atoms. The molecule has 3 rings (SSSR count). The predicted molar refractivity (Wildman–Crippen MR) is 136 cm³/mol. The zero-order chi connectivity index (χ0) is 25.6. The molecule has 0 saturated carbocycles. The monoisotopic (exact) mass is 554 g/mol. The summed E-state index contributed by atoms with van der Waals surface area (Å²) in [6.07, 6.45) is 7.66. The topological polar surface area (TPSA) is 96.4 Å². The SMILES string of the molecule is C=CCCOC(=O)[C@H]1[C@H]2C(=O)N(CCCCCO)C(C(=O)N(CC=C)CCCC)C23CC(Br)[C@@H]1O3. The highest BCUT2D eigenvalue weighted by atomic mass is 79.9. The van der Waals surface area contributed by atoms with Crippen LogP contribution in [0.3, 0.4) is 0 Å². The van der Waals surface area contributed by atoms with E-state index in [0.717, 1.165) is 19.3 Å². The molecule has 3 fully saturated rings. The van der Waals surface area contributed by atoms with E-state index in [4.69, 9.17) is 14.6 Å². The summed E-state index contributed by atoms with van der Waals surface area (Å²) in [5.74, 6) is -2.33. The number of likely N-dealkylation sites (tertiary alicyclic amines) is 1. The third-order valence-corrected chi connectivity index (χ3v) is 8.21. The van der Waals surface area contributed by atoms with Gasteiger partial charge >= 0.3 is 5.97 Å². The van der Waals surface area contributed by atoms with E-state index >= 15 is 0 Å². The number of ether oxygens (including phenoxy) is 2. The summed E-state index contributed by atoms with van der Waals surface area (Å²) in [7, 11) is 0. The molecule has 0 aromatic heterocycles. The van der Waals surface area contributed by atoms with Crippen LogP contribution in [0.25, 0.3) is 0 Å². The fraction of sp³-hybridized carbons (Fsp3) is 0.731. The number of aliphatic hydroxyl groups excluding tert-OH is 1. The minimum absolute atomic E-state index is 0.0850. The van der Waals surface area contributed by atoms with Crippen LogP contribution in [-0.4, -0.2) is 88.1 Å². The summed E-state index contributed by atoms with van der Waals surface area (Å²) >= 11 is 3.67. The number of nitrogens with zero attached hydrogens (tertiary/aromatic N) is 2. The van der Waals surface area contributed by atoms with Gasteiger partial charge in [-0.15, -0.1) is 13.2 Å². The number of hydrogen-bond donors (Lipinski definition) is 1. The lowest BCUT2D eigenvalue weighted by Gasteiger charge is -2.37. The molecule has 0 aromatic carbocycles. The van der Waals surface area contributed by atoms with E-state index in [2.05, 4.69) is 36.0 Å². The van der Waals surface area contributed by atoms with Gasteiger partial charge in [0, 0.05) is 31.1 Å². The molecule has 3 saturated heterocycles. The second-order valence-corrected chi connectivity index (χ2v) is 10.8. The number of rotatable bonds is 15. The first kappa shape index (κ1) is 27.9. The molecule has 9 heteroatoms. The summed E-state index contributed by atoms with van der Waals surface area (Å²) in [4.78, 5) is 44.3. The van der Waals surface area contributed by atoms with Crippen LogP contribution in [-0.2, 0) is 23.9 Å². The van der Waals surface area contributed by atoms with E-state index in [1.54, 1.807) is 22.0 Å². The Balaban J connectivity index is 1.95. The van der Waals surface area contributed by atoms with Crippen LogP contribution in [0.4, 0.5) is 0 Å². The van der Waals surface area contributed by atoms with E-state index in [1.165, 1.54) is 0 Å². The minimum atomic E-state index is -1.07. The number of halogens is 1. The van der Waals surface area contributed by atoms with Gasteiger partial charge in [-0.25, -0.2) is 0 Å². The Morgan fingerprint density at radius 3 is 2.71 bits per heavy atom. The fourth-order valence-electron chi connectivity index (χ4n) is 5.80. The summed E-state index contributed by atoms with van der Waals surface area (Å²) in [6, 6.07) is -0.804. The maximum absolute atomic E-state index is 14.0. The molecule has 3 aliphatic heterocycles. The molecule has 3 aliphatic rings. The molecule has 0 radical (unpaired) electrons. The van der Waals surface area contributed by atoms with Gasteiger partial charge in [0.1, 0.15) is 11.6 Å². The third kappa shape index (κ3) is 5.37. The average Bonchev–Trinajstić information content (AvgIpc) is 3.42. The van der Waals surface area contributed by atoms with Gasteiger partial charge in [-0.2, -0.15) is 0 Å². The van der Waals surface area contributed by atoms with Crippen molar-refractivity contribution in [3.8, 4) is 0 Å². The Bertz CT molecular complexity index is 807. The lowest BCUT2D eigenvalue weighted by Crippen LogP contribution is -2.57. The van der Waals surface area contributed by atoms with Crippen molar-refractivity contribution in [3.63, 3.8) is 0 Å². The van der Waals surface area contributed by atoms with Crippen molar-refractivity contribution >= 4 is 33.7 Å². The largest absolute Gasteiger partial charge is 0.465 e. The number of esters is 1. The summed E-state index contributed by atoms with van der Waals surface area (Å²) < 4.78 is 12.0. The van der Waals surface area contributed by atoms with E-state index in [9.17, 15) is 14.4 Å². The molecule has 6 atom stereocenters. The van der Waals surface area contributed by atoms with E-state index < -0.39 is 35.6 Å². The zero-order valence-electron chi connectivity index (χ0n) is 20.7. The summed E-state index contributed by atoms with van der Waals surface area (Å²) in [5.41, 5.74) is -1.07. The maximum Gasteiger partial charge on any atom is 0.312 e. The molecule has 1 spiro atoms. The van der Waals surface area contributed by atoms with Crippen LogP contribution < -0.4 is 0 Å². The second-order valence-electron chi connectivity index (χ2n) is 9.65. The molecular formula is C26H39BrN2O6. The van der Waals surface area contributed by atoms with Gasteiger partial charge in [0.05, 0.1) is 24.5 Å². The Morgan fingerprint density at radius 2 is 2.06 bits per heavy atom. The van der Waals surface area contributed by atoms with Gasteiger partial charge in [0.15, 0.2) is 0 Å². The molecule has 35 heavy (non-hydrogen) atoms. The van der Waals surface area contributed by atoms with Gasteiger partial charge in [-0.1, -0.05) is 41.4 Å². The van der Waals surface area contributed by atoms with Crippen LogP contribution in [0.2, 0.25) is 0 Å². The third-order valence-electron chi connectivity index (χ3n) is 7.36. The molecule has 2 amide bonds. The number of fused-ring (bicyclic) bond motifs is 1. The van der Waals surface area contributed by atoms with Crippen LogP contribution in [0, 0.1) is 11.8 Å². The Morgan fingerprint density at radius 1 is 1.29 bits per heavy atom. The van der Waals surface area contributed by atoms with Crippen molar-refractivity contribution < 1.29 is 29.0 Å². The van der Waals surface area contributed by atoms with Gasteiger partial charge in [0.25, 0.3) is 0 Å². The number of unbranched alkanes of at least 4 members (excludes halogenated alkanes) is 3.